The third-order valence-electron chi connectivity index (χ3n) is 2.22. The quantitative estimate of drug-likeness (QED) is 0.745. The van der Waals surface area contributed by atoms with Crippen LogP contribution in [0.1, 0.15) is 35.0 Å². The SMILES string of the molecule is CC(C)c1cnn(-c2ccc(C=O)s2)c1. The first-order chi connectivity index (χ1) is 7.20. The molecule has 0 aliphatic carbocycles. The topological polar surface area (TPSA) is 34.9 Å². The second-order valence-electron chi connectivity index (χ2n) is 3.67. The normalized spacial score (nSPS) is 10.9. The Kier molecular flexibility index (Phi) is 2.68. The molecule has 0 saturated carbocycles. The van der Waals surface area contributed by atoms with Crippen molar-refractivity contribution in [3.8, 4) is 5.00 Å². The first kappa shape index (κ1) is 10.1. The minimum atomic E-state index is 0.476. The summed E-state index contributed by atoms with van der Waals surface area (Å²) in [7, 11) is 0. The van der Waals surface area contributed by atoms with Crippen molar-refractivity contribution >= 4 is 17.6 Å². The van der Waals surface area contributed by atoms with Crippen molar-refractivity contribution in [2.24, 2.45) is 0 Å². The lowest BCUT2D eigenvalue weighted by Gasteiger charge is -1.97. The molecule has 0 unspecified atom stereocenters. The number of rotatable bonds is 3. The van der Waals surface area contributed by atoms with Crippen LogP contribution in [0.15, 0.2) is 24.5 Å². The number of carbonyl (C=O) groups excluding carboxylic acids is 1. The molecular formula is C11H12N2OS. The van der Waals surface area contributed by atoms with Gasteiger partial charge in [-0.05, 0) is 23.6 Å². The highest BCUT2D eigenvalue weighted by molar-refractivity contribution is 7.16. The van der Waals surface area contributed by atoms with Gasteiger partial charge in [-0.2, -0.15) is 5.10 Å². The van der Waals surface area contributed by atoms with Gasteiger partial charge in [-0.25, -0.2) is 4.68 Å². The van der Waals surface area contributed by atoms with Crippen molar-refractivity contribution in [1.29, 1.82) is 0 Å². The number of hydrogen-bond acceptors (Lipinski definition) is 3. The van der Waals surface area contributed by atoms with E-state index in [0.29, 0.717) is 5.92 Å². The zero-order chi connectivity index (χ0) is 10.8. The Morgan fingerprint density at radius 1 is 1.47 bits per heavy atom. The predicted octanol–water partition coefficient (Wildman–Crippen LogP) is 2.87. The largest absolute Gasteiger partial charge is 0.297 e. The van der Waals surface area contributed by atoms with Gasteiger partial charge >= 0.3 is 0 Å². The van der Waals surface area contributed by atoms with E-state index in [1.807, 2.05) is 29.2 Å². The number of aldehydes is 1. The van der Waals surface area contributed by atoms with Crippen LogP contribution in [0.5, 0.6) is 0 Å². The Labute approximate surface area is 92.4 Å². The number of nitrogens with zero attached hydrogens (tertiary/aromatic N) is 2. The van der Waals surface area contributed by atoms with E-state index in [2.05, 4.69) is 18.9 Å². The number of thiophene rings is 1. The average Bonchev–Trinajstić information content (AvgIpc) is 2.86. The maximum atomic E-state index is 10.5. The Hall–Kier alpha value is -1.42. The molecule has 0 bridgehead atoms. The van der Waals surface area contributed by atoms with Crippen LogP contribution >= 0.6 is 11.3 Å². The van der Waals surface area contributed by atoms with Crippen LogP contribution in [0.4, 0.5) is 0 Å². The molecule has 78 valence electrons. The molecule has 0 fully saturated rings. The van der Waals surface area contributed by atoms with Crippen LogP contribution in [0.3, 0.4) is 0 Å². The molecule has 15 heavy (non-hydrogen) atoms. The zero-order valence-corrected chi connectivity index (χ0v) is 9.49. The highest BCUT2D eigenvalue weighted by Gasteiger charge is 2.06. The average molecular weight is 220 g/mol. The third kappa shape index (κ3) is 1.99. The lowest BCUT2D eigenvalue weighted by atomic mass is 10.1. The summed E-state index contributed by atoms with van der Waals surface area (Å²) in [5.74, 6) is 0.476. The lowest BCUT2D eigenvalue weighted by Crippen LogP contribution is -1.89. The van der Waals surface area contributed by atoms with E-state index in [1.54, 1.807) is 0 Å². The van der Waals surface area contributed by atoms with Crippen LogP contribution in [0, 0.1) is 0 Å². The van der Waals surface area contributed by atoms with Crippen molar-refractivity contribution < 1.29 is 4.79 Å². The van der Waals surface area contributed by atoms with Gasteiger partial charge in [0.1, 0.15) is 5.00 Å². The Bertz CT molecular complexity index is 470. The van der Waals surface area contributed by atoms with E-state index >= 15 is 0 Å². The third-order valence-corrected chi connectivity index (χ3v) is 3.22. The summed E-state index contributed by atoms with van der Waals surface area (Å²) in [5.41, 5.74) is 1.20. The van der Waals surface area contributed by atoms with Crippen LogP contribution in [0.2, 0.25) is 0 Å². The maximum Gasteiger partial charge on any atom is 0.160 e. The smallest absolute Gasteiger partial charge is 0.160 e. The molecule has 0 amide bonds. The highest BCUT2D eigenvalue weighted by Crippen LogP contribution is 2.21. The van der Waals surface area contributed by atoms with Gasteiger partial charge in [-0.3, -0.25) is 4.79 Å². The molecule has 2 heterocycles. The molecule has 0 aliphatic rings. The summed E-state index contributed by atoms with van der Waals surface area (Å²) in [6.07, 6.45) is 4.73. The molecule has 0 saturated heterocycles. The van der Waals surface area contributed by atoms with Gasteiger partial charge in [0.25, 0.3) is 0 Å². The molecule has 0 N–H and O–H groups in total. The van der Waals surface area contributed by atoms with Gasteiger partial charge in [0, 0.05) is 6.20 Å². The van der Waals surface area contributed by atoms with Crippen LogP contribution in [-0.4, -0.2) is 16.1 Å². The van der Waals surface area contributed by atoms with Gasteiger partial charge < -0.3 is 0 Å². The van der Waals surface area contributed by atoms with Gasteiger partial charge in [-0.15, -0.1) is 11.3 Å². The molecule has 3 nitrogen and oxygen atoms in total. The first-order valence-electron chi connectivity index (χ1n) is 4.80. The molecule has 0 aliphatic heterocycles. The summed E-state index contributed by atoms with van der Waals surface area (Å²) >= 11 is 1.44. The molecule has 2 aromatic rings. The van der Waals surface area contributed by atoms with E-state index in [9.17, 15) is 4.79 Å². The fourth-order valence-corrected chi connectivity index (χ4v) is 2.04. The van der Waals surface area contributed by atoms with E-state index in [4.69, 9.17) is 0 Å². The minimum absolute atomic E-state index is 0.476. The van der Waals surface area contributed by atoms with E-state index in [0.717, 1.165) is 16.2 Å². The van der Waals surface area contributed by atoms with Crippen molar-refractivity contribution in [1.82, 2.24) is 9.78 Å². The summed E-state index contributed by atoms with van der Waals surface area (Å²) in [5, 5.41) is 5.24. The number of aromatic nitrogens is 2. The number of carbonyl (C=O) groups is 1. The maximum absolute atomic E-state index is 10.5. The second-order valence-corrected chi connectivity index (χ2v) is 4.76. The molecule has 0 spiro atoms. The van der Waals surface area contributed by atoms with E-state index in [-0.39, 0.29) is 0 Å². The molecule has 4 heteroatoms. The summed E-state index contributed by atoms with van der Waals surface area (Å²) in [4.78, 5) is 11.3. The number of hydrogen-bond donors (Lipinski definition) is 0. The summed E-state index contributed by atoms with van der Waals surface area (Å²) in [6.45, 7) is 4.26. The van der Waals surface area contributed by atoms with Gasteiger partial charge in [0.15, 0.2) is 6.29 Å². The standard InChI is InChI=1S/C11H12N2OS/c1-8(2)9-5-12-13(6-9)11-4-3-10(7-14)15-11/h3-8H,1-2H3. The van der Waals surface area contributed by atoms with Crippen molar-refractivity contribution in [2.75, 3.05) is 0 Å². The minimum Gasteiger partial charge on any atom is -0.297 e. The van der Waals surface area contributed by atoms with Crippen molar-refractivity contribution in [3.63, 3.8) is 0 Å². The Morgan fingerprint density at radius 2 is 2.27 bits per heavy atom. The first-order valence-corrected chi connectivity index (χ1v) is 5.62. The Balaban J connectivity index is 2.32. The van der Waals surface area contributed by atoms with Crippen LogP contribution < -0.4 is 0 Å². The molecule has 2 aromatic heterocycles. The fourth-order valence-electron chi connectivity index (χ4n) is 1.28. The van der Waals surface area contributed by atoms with Crippen LogP contribution in [0.25, 0.3) is 5.00 Å². The lowest BCUT2D eigenvalue weighted by molar-refractivity contribution is 0.112. The monoisotopic (exact) mass is 220 g/mol. The van der Waals surface area contributed by atoms with Crippen molar-refractivity contribution in [2.45, 2.75) is 19.8 Å². The fraction of sp³-hybridized carbons (Fsp3) is 0.273. The molecule has 0 radical (unpaired) electrons. The molecule has 0 atom stereocenters. The van der Waals surface area contributed by atoms with Gasteiger partial charge in [0.2, 0.25) is 0 Å². The molecule has 2 rings (SSSR count). The molecular weight excluding hydrogens is 208 g/mol. The van der Waals surface area contributed by atoms with E-state index < -0.39 is 0 Å². The van der Waals surface area contributed by atoms with Gasteiger partial charge in [0.05, 0.1) is 11.1 Å². The van der Waals surface area contributed by atoms with E-state index in [1.165, 1.54) is 16.9 Å². The van der Waals surface area contributed by atoms with Crippen LogP contribution in [-0.2, 0) is 0 Å². The van der Waals surface area contributed by atoms with Crippen molar-refractivity contribution in [3.05, 3.63) is 35.0 Å². The summed E-state index contributed by atoms with van der Waals surface area (Å²) in [6, 6.07) is 3.72. The summed E-state index contributed by atoms with van der Waals surface area (Å²) < 4.78 is 1.81. The van der Waals surface area contributed by atoms with Gasteiger partial charge in [-0.1, -0.05) is 13.8 Å². The highest BCUT2D eigenvalue weighted by atomic mass is 32.1. The predicted molar refractivity (Wildman–Crippen MR) is 60.9 cm³/mol. The molecule has 0 aromatic carbocycles. The zero-order valence-electron chi connectivity index (χ0n) is 8.68. The Morgan fingerprint density at radius 3 is 2.80 bits per heavy atom. The second kappa shape index (κ2) is 3.98.